The highest BCUT2D eigenvalue weighted by Gasteiger charge is 2.09. The Morgan fingerprint density at radius 3 is 2.72 bits per heavy atom. The van der Waals surface area contributed by atoms with Crippen LogP contribution in [-0.2, 0) is 0 Å². The Balaban J connectivity index is 1.96. The number of pyridine rings is 1. The molecule has 9 heteroatoms. The van der Waals surface area contributed by atoms with Crippen LogP contribution in [0.15, 0.2) is 42.6 Å². The summed E-state index contributed by atoms with van der Waals surface area (Å²) >= 11 is 5.75. The van der Waals surface area contributed by atoms with Gasteiger partial charge in [0.15, 0.2) is 0 Å². The molecule has 0 saturated carbocycles. The number of carbonyl (C=O) groups is 2. The van der Waals surface area contributed by atoms with E-state index in [0.29, 0.717) is 22.1 Å². The monoisotopic (exact) mass is 363 g/mol. The summed E-state index contributed by atoms with van der Waals surface area (Å²) in [4.78, 5) is 28.0. The number of amides is 3. The van der Waals surface area contributed by atoms with Gasteiger partial charge in [0.1, 0.15) is 5.82 Å². The normalized spacial score (nSPS) is 11.5. The van der Waals surface area contributed by atoms with Gasteiger partial charge in [-0.15, -0.1) is 0 Å². The number of anilines is 2. The SMILES string of the molecule is NC(CO)CNC(=O)Nc1cccc(C(=O)Nc2ccc(Cl)cn2)c1. The lowest BCUT2D eigenvalue weighted by Gasteiger charge is -2.11. The zero-order chi connectivity index (χ0) is 18.2. The highest BCUT2D eigenvalue weighted by molar-refractivity contribution is 6.30. The van der Waals surface area contributed by atoms with Crippen LogP contribution >= 0.6 is 11.6 Å². The number of nitrogens with zero attached hydrogens (tertiary/aromatic N) is 1. The van der Waals surface area contributed by atoms with E-state index in [2.05, 4.69) is 20.9 Å². The van der Waals surface area contributed by atoms with Gasteiger partial charge in [-0.1, -0.05) is 17.7 Å². The molecule has 0 spiro atoms. The number of hydrogen-bond donors (Lipinski definition) is 5. The van der Waals surface area contributed by atoms with E-state index >= 15 is 0 Å². The molecule has 1 aromatic carbocycles. The van der Waals surface area contributed by atoms with Crippen LogP contribution in [0.5, 0.6) is 0 Å². The van der Waals surface area contributed by atoms with Crippen molar-refractivity contribution in [2.24, 2.45) is 5.73 Å². The van der Waals surface area contributed by atoms with Gasteiger partial charge in [0.05, 0.1) is 11.6 Å². The van der Waals surface area contributed by atoms with Crippen molar-refractivity contribution in [2.45, 2.75) is 6.04 Å². The molecule has 2 rings (SSSR count). The fraction of sp³-hybridized carbons (Fsp3) is 0.188. The number of aliphatic hydroxyl groups is 1. The molecule has 1 unspecified atom stereocenters. The molecule has 1 heterocycles. The molecule has 0 aliphatic heterocycles. The van der Waals surface area contributed by atoms with E-state index in [1.165, 1.54) is 12.3 Å². The summed E-state index contributed by atoms with van der Waals surface area (Å²) in [5, 5.41) is 17.0. The third-order valence-corrected chi connectivity index (χ3v) is 3.33. The summed E-state index contributed by atoms with van der Waals surface area (Å²) < 4.78 is 0. The van der Waals surface area contributed by atoms with Crippen molar-refractivity contribution in [2.75, 3.05) is 23.8 Å². The first-order valence-corrected chi connectivity index (χ1v) is 7.80. The number of carbonyl (C=O) groups excluding carboxylic acids is 2. The molecule has 3 amide bonds. The van der Waals surface area contributed by atoms with Crippen LogP contribution < -0.4 is 21.7 Å². The van der Waals surface area contributed by atoms with E-state index < -0.39 is 12.1 Å². The highest BCUT2D eigenvalue weighted by atomic mass is 35.5. The summed E-state index contributed by atoms with van der Waals surface area (Å²) in [5.41, 5.74) is 6.29. The minimum absolute atomic E-state index is 0.130. The number of hydrogen-bond acceptors (Lipinski definition) is 5. The van der Waals surface area contributed by atoms with Crippen LogP contribution in [0.2, 0.25) is 5.02 Å². The fourth-order valence-corrected chi connectivity index (χ4v) is 1.95. The first-order valence-electron chi connectivity index (χ1n) is 7.42. The number of benzene rings is 1. The Labute approximate surface area is 149 Å². The molecule has 6 N–H and O–H groups in total. The van der Waals surface area contributed by atoms with E-state index in [9.17, 15) is 9.59 Å². The van der Waals surface area contributed by atoms with Crippen LogP contribution in [0.3, 0.4) is 0 Å². The summed E-state index contributed by atoms with van der Waals surface area (Å²) in [6.07, 6.45) is 1.43. The van der Waals surface area contributed by atoms with Gasteiger partial charge in [-0.2, -0.15) is 0 Å². The first-order chi connectivity index (χ1) is 12.0. The van der Waals surface area contributed by atoms with Crippen molar-refractivity contribution in [3.05, 3.63) is 53.2 Å². The third kappa shape index (κ3) is 6.03. The van der Waals surface area contributed by atoms with Crippen LogP contribution in [-0.4, -0.2) is 41.2 Å². The largest absolute Gasteiger partial charge is 0.395 e. The van der Waals surface area contributed by atoms with Gasteiger partial charge < -0.3 is 26.8 Å². The van der Waals surface area contributed by atoms with Crippen molar-refractivity contribution in [3.63, 3.8) is 0 Å². The van der Waals surface area contributed by atoms with Gasteiger partial charge in [-0.25, -0.2) is 9.78 Å². The molecule has 0 bridgehead atoms. The molecular weight excluding hydrogens is 346 g/mol. The smallest absolute Gasteiger partial charge is 0.319 e. The summed E-state index contributed by atoms with van der Waals surface area (Å²) in [6, 6.07) is 8.59. The Kier molecular flexibility index (Phi) is 6.70. The van der Waals surface area contributed by atoms with E-state index in [-0.39, 0.29) is 19.1 Å². The van der Waals surface area contributed by atoms with Crippen molar-refractivity contribution < 1.29 is 14.7 Å². The minimum atomic E-state index is -0.533. The Bertz CT molecular complexity index is 739. The Morgan fingerprint density at radius 1 is 1.24 bits per heavy atom. The third-order valence-electron chi connectivity index (χ3n) is 3.11. The van der Waals surface area contributed by atoms with Crippen LogP contribution in [0.4, 0.5) is 16.3 Å². The molecule has 1 aromatic heterocycles. The lowest BCUT2D eigenvalue weighted by molar-refractivity contribution is 0.102. The minimum Gasteiger partial charge on any atom is -0.395 e. The molecule has 0 fully saturated rings. The van der Waals surface area contributed by atoms with Crippen molar-refractivity contribution >= 4 is 35.0 Å². The van der Waals surface area contributed by atoms with Gasteiger partial charge in [0.2, 0.25) is 0 Å². The lowest BCUT2D eigenvalue weighted by Crippen LogP contribution is -2.41. The zero-order valence-corrected chi connectivity index (χ0v) is 14.0. The average Bonchev–Trinajstić information content (AvgIpc) is 2.61. The number of aromatic nitrogens is 1. The van der Waals surface area contributed by atoms with Crippen LogP contribution in [0.1, 0.15) is 10.4 Å². The molecule has 2 aromatic rings. The standard InChI is InChI=1S/C16H18ClN5O3/c17-11-4-5-14(19-7-11)22-15(24)10-2-1-3-13(6-10)21-16(25)20-8-12(18)9-23/h1-7,12,23H,8-9,18H2,(H,19,22,24)(H2,20,21,25). The molecule has 0 saturated heterocycles. The number of aliphatic hydroxyl groups excluding tert-OH is 1. The number of rotatable bonds is 6. The molecule has 0 radical (unpaired) electrons. The average molecular weight is 364 g/mol. The van der Waals surface area contributed by atoms with Gasteiger partial charge in [0, 0.05) is 30.0 Å². The van der Waals surface area contributed by atoms with E-state index in [1.54, 1.807) is 30.3 Å². The first kappa shape index (κ1) is 18.7. The molecular formula is C16H18ClN5O3. The maximum absolute atomic E-state index is 12.2. The fourth-order valence-electron chi connectivity index (χ4n) is 1.84. The number of halogens is 1. The summed E-state index contributed by atoms with van der Waals surface area (Å²) in [6.45, 7) is -0.0978. The van der Waals surface area contributed by atoms with E-state index in [4.69, 9.17) is 22.4 Å². The maximum atomic E-state index is 12.2. The second kappa shape index (κ2) is 8.97. The maximum Gasteiger partial charge on any atom is 0.319 e. The van der Waals surface area contributed by atoms with Crippen molar-refractivity contribution in [1.29, 1.82) is 0 Å². The van der Waals surface area contributed by atoms with Gasteiger partial charge >= 0.3 is 6.03 Å². The molecule has 25 heavy (non-hydrogen) atoms. The molecule has 1 atom stereocenters. The van der Waals surface area contributed by atoms with E-state index in [1.807, 2.05) is 0 Å². The quantitative estimate of drug-likeness (QED) is 0.530. The molecule has 0 aliphatic rings. The van der Waals surface area contributed by atoms with Crippen molar-refractivity contribution in [1.82, 2.24) is 10.3 Å². The predicted octanol–water partition coefficient (Wildman–Crippen LogP) is 1.43. The molecule has 132 valence electrons. The second-order valence-corrected chi connectivity index (χ2v) is 5.61. The van der Waals surface area contributed by atoms with Crippen molar-refractivity contribution in [3.8, 4) is 0 Å². The number of nitrogens with two attached hydrogens (primary N) is 1. The van der Waals surface area contributed by atoms with Gasteiger partial charge in [-0.05, 0) is 30.3 Å². The highest BCUT2D eigenvalue weighted by Crippen LogP contribution is 2.14. The zero-order valence-electron chi connectivity index (χ0n) is 13.2. The summed E-state index contributed by atoms with van der Waals surface area (Å²) in [5.74, 6) is -0.00956. The second-order valence-electron chi connectivity index (χ2n) is 5.17. The summed E-state index contributed by atoms with van der Waals surface area (Å²) in [7, 11) is 0. The van der Waals surface area contributed by atoms with Gasteiger partial charge in [0.25, 0.3) is 5.91 Å². The number of urea groups is 1. The topological polar surface area (TPSA) is 129 Å². The Hall–Kier alpha value is -2.68. The van der Waals surface area contributed by atoms with Crippen LogP contribution in [0, 0.1) is 0 Å². The molecule has 8 nitrogen and oxygen atoms in total. The Morgan fingerprint density at radius 2 is 2.04 bits per heavy atom. The lowest BCUT2D eigenvalue weighted by atomic mass is 10.2. The predicted molar refractivity (Wildman–Crippen MR) is 95.7 cm³/mol. The number of nitrogens with one attached hydrogen (secondary N) is 3. The molecule has 0 aliphatic carbocycles. The van der Waals surface area contributed by atoms with Gasteiger partial charge in [-0.3, -0.25) is 4.79 Å². The van der Waals surface area contributed by atoms with E-state index in [0.717, 1.165) is 0 Å². The van der Waals surface area contributed by atoms with Crippen LogP contribution in [0.25, 0.3) is 0 Å².